The quantitative estimate of drug-likeness (QED) is 0.596. The van der Waals surface area contributed by atoms with Crippen molar-refractivity contribution < 1.29 is 17.7 Å². The average Bonchev–Trinajstić information content (AvgIpc) is 2.14. The van der Waals surface area contributed by atoms with Crippen LogP contribution in [0.4, 0.5) is 18.9 Å². The lowest BCUT2D eigenvalue weighted by Crippen LogP contribution is -2.41. The van der Waals surface area contributed by atoms with Crippen molar-refractivity contribution in [3.63, 3.8) is 0 Å². The van der Waals surface area contributed by atoms with E-state index in [0.717, 1.165) is 0 Å². The Balaban J connectivity index is 2.92. The fourth-order valence-electron chi connectivity index (χ4n) is 1.08. The number of hydrogen-bond donors (Lipinski definition) is 0. The molecule has 0 aliphatic heterocycles. The SMILES string of the molecule is C[S+]([O-])CN(c1ccccc1)C(F)(F)F. The van der Waals surface area contributed by atoms with E-state index in [9.17, 15) is 17.7 Å². The molecule has 6 heteroatoms. The molecule has 1 aromatic rings. The van der Waals surface area contributed by atoms with Gasteiger partial charge in [-0.1, -0.05) is 18.2 Å². The summed E-state index contributed by atoms with van der Waals surface area (Å²) in [5.74, 6) is -0.548. The molecule has 1 rings (SSSR count). The van der Waals surface area contributed by atoms with Gasteiger partial charge in [0.15, 0.2) is 5.88 Å². The second-order valence-corrected chi connectivity index (χ2v) is 4.34. The first-order valence-electron chi connectivity index (χ1n) is 4.10. The van der Waals surface area contributed by atoms with Gasteiger partial charge in [0.05, 0.1) is 6.26 Å². The Hall–Kier alpha value is -0.880. The molecule has 1 aromatic carbocycles. The number of benzene rings is 1. The summed E-state index contributed by atoms with van der Waals surface area (Å²) in [4.78, 5) is 0.170. The van der Waals surface area contributed by atoms with Gasteiger partial charge >= 0.3 is 6.30 Å². The minimum Gasteiger partial charge on any atom is -0.615 e. The van der Waals surface area contributed by atoms with E-state index in [4.69, 9.17) is 0 Å². The van der Waals surface area contributed by atoms with E-state index in [0.29, 0.717) is 0 Å². The van der Waals surface area contributed by atoms with Crippen molar-refractivity contribution in [2.24, 2.45) is 0 Å². The van der Waals surface area contributed by atoms with Gasteiger partial charge in [-0.3, -0.25) is 0 Å². The van der Waals surface area contributed by atoms with Crippen LogP contribution in [0.1, 0.15) is 0 Å². The van der Waals surface area contributed by atoms with Crippen molar-refractivity contribution in [1.29, 1.82) is 0 Å². The third kappa shape index (κ3) is 3.64. The van der Waals surface area contributed by atoms with Crippen LogP contribution in [0.15, 0.2) is 30.3 Å². The lowest BCUT2D eigenvalue weighted by molar-refractivity contribution is -0.126. The summed E-state index contributed by atoms with van der Waals surface area (Å²) >= 11 is -1.54. The predicted octanol–water partition coefficient (Wildman–Crippen LogP) is 2.35. The standard InChI is InChI=1S/C9H10F3NOS/c1-15(14)7-13(9(10,11)12)8-5-3-2-4-6-8/h2-6H,7H2,1H3. The van der Waals surface area contributed by atoms with Crippen LogP contribution in [0, 0.1) is 0 Å². The summed E-state index contributed by atoms with van der Waals surface area (Å²) in [7, 11) is 0. The second-order valence-electron chi connectivity index (χ2n) is 2.93. The first kappa shape index (κ1) is 12.2. The lowest BCUT2D eigenvalue weighted by atomic mass is 10.3. The molecule has 0 amide bonds. The first-order chi connectivity index (χ1) is 6.91. The summed E-state index contributed by atoms with van der Waals surface area (Å²) in [6, 6.07) is 7.31. The van der Waals surface area contributed by atoms with Crippen LogP contribution in [0.2, 0.25) is 0 Å². The number of rotatable bonds is 3. The van der Waals surface area contributed by atoms with E-state index >= 15 is 0 Å². The molecule has 0 aliphatic carbocycles. The van der Waals surface area contributed by atoms with Gasteiger partial charge in [0.2, 0.25) is 0 Å². The molecule has 0 spiro atoms. The summed E-state index contributed by atoms with van der Waals surface area (Å²) in [6.45, 7) is 0. The van der Waals surface area contributed by atoms with Crippen LogP contribution in [0.3, 0.4) is 0 Å². The molecular weight excluding hydrogens is 227 g/mol. The van der Waals surface area contributed by atoms with Crippen molar-refractivity contribution in [1.82, 2.24) is 0 Å². The number of anilines is 1. The molecule has 0 fully saturated rings. The summed E-state index contributed by atoms with van der Waals surface area (Å²) in [5.41, 5.74) is 0.000185. The smallest absolute Gasteiger partial charge is 0.488 e. The van der Waals surface area contributed by atoms with Crippen molar-refractivity contribution >= 4 is 16.9 Å². The van der Waals surface area contributed by atoms with Crippen molar-refractivity contribution in [3.8, 4) is 0 Å². The second kappa shape index (κ2) is 4.76. The summed E-state index contributed by atoms with van der Waals surface area (Å²) < 4.78 is 48.5. The van der Waals surface area contributed by atoms with E-state index in [1.807, 2.05) is 0 Å². The highest BCUT2D eigenvalue weighted by Crippen LogP contribution is 2.28. The van der Waals surface area contributed by atoms with E-state index < -0.39 is 23.4 Å². The fourth-order valence-corrected chi connectivity index (χ4v) is 1.74. The lowest BCUT2D eigenvalue weighted by Gasteiger charge is -2.26. The Labute approximate surface area is 88.9 Å². The Kier molecular flexibility index (Phi) is 3.87. The number of halogens is 3. The molecule has 0 aromatic heterocycles. The molecule has 0 bridgehead atoms. The van der Waals surface area contributed by atoms with E-state index in [2.05, 4.69) is 0 Å². The van der Waals surface area contributed by atoms with Crippen LogP contribution >= 0.6 is 0 Å². The van der Waals surface area contributed by atoms with Gasteiger partial charge in [0.25, 0.3) is 0 Å². The normalized spacial score (nSPS) is 13.7. The van der Waals surface area contributed by atoms with Gasteiger partial charge in [0, 0.05) is 5.69 Å². The van der Waals surface area contributed by atoms with Gasteiger partial charge in [0.1, 0.15) is 0 Å². The summed E-state index contributed by atoms with van der Waals surface area (Å²) in [6.07, 6.45) is -3.27. The van der Waals surface area contributed by atoms with Gasteiger partial charge < -0.3 is 4.55 Å². The highest BCUT2D eigenvalue weighted by molar-refractivity contribution is 7.90. The number of nitrogens with zero attached hydrogens (tertiary/aromatic N) is 1. The molecule has 84 valence electrons. The van der Waals surface area contributed by atoms with Gasteiger partial charge in [-0.2, -0.15) is 0 Å². The zero-order valence-electron chi connectivity index (χ0n) is 7.99. The third-order valence-corrected chi connectivity index (χ3v) is 2.31. The van der Waals surface area contributed by atoms with Crippen LogP contribution in [0.25, 0.3) is 0 Å². The Morgan fingerprint density at radius 3 is 2.20 bits per heavy atom. The maximum absolute atomic E-state index is 12.6. The molecule has 0 saturated heterocycles. The molecule has 1 atom stereocenters. The van der Waals surface area contributed by atoms with Crippen molar-refractivity contribution in [3.05, 3.63) is 30.3 Å². The fraction of sp³-hybridized carbons (Fsp3) is 0.333. The third-order valence-electron chi connectivity index (χ3n) is 1.68. The molecule has 2 nitrogen and oxygen atoms in total. The molecule has 0 aliphatic rings. The first-order valence-corrected chi connectivity index (χ1v) is 5.83. The average molecular weight is 237 g/mol. The molecular formula is C9H10F3NOS. The Morgan fingerprint density at radius 1 is 1.27 bits per heavy atom. The molecule has 0 heterocycles. The largest absolute Gasteiger partial charge is 0.615 e. The Bertz CT molecular complexity index is 302. The van der Waals surface area contributed by atoms with E-state index in [1.54, 1.807) is 6.07 Å². The van der Waals surface area contributed by atoms with Crippen molar-refractivity contribution in [2.75, 3.05) is 17.0 Å². The maximum Gasteiger partial charge on any atom is 0.488 e. The highest BCUT2D eigenvalue weighted by Gasteiger charge is 2.39. The zero-order valence-corrected chi connectivity index (χ0v) is 8.81. The zero-order chi connectivity index (χ0) is 11.5. The Morgan fingerprint density at radius 2 is 1.80 bits per heavy atom. The minimum absolute atomic E-state index is 0.000185. The minimum atomic E-state index is -4.51. The monoisotopic (exact) mass is 237 g/mol. The number of hydrogen-bond acceptors (Lipinski definition) is 2. The summed E-state index contributed by atoms with van der Waals surface area (Å²) in [5, 5.41) is 0. The number of alkyl halides is 3. The van der Waals surface area contributed by atoms with Crippen LogP contribution in [-0.2, 0) is 11.2 Å². The van der Waals surface area contributed by atoms with E-state index in [1.165, 1.54) is 30.5 Å². The van der Waals surface area contributed by atoms with E-state index in [-0.39, 0.29) is 10.6 Å². The number of para-hydroxylation sites is 1. The molecule has 0 N–H and O–H groups in total. The molecule has 1 unspecified atom stereocenters. The highest BCUT2D eigenvalue weighted by atomic mass is 32.2. The topological polar surface area (TPSA) is 26.3 Å². The van der Waals surface area contributed by atoms with Gasteiger partial charge in [-0.15, -0.1) is 13.2 Å². The molecule has 0 radical (unpaired) electrons. The van der Waals surface area contributed by atoms with Crippen LogP contribution in [0.5, 0.6) is 0 Å². The van der Waals surface area contributed by atoms with Crippen LogP contribution < -0.4 is 4.90 Å². The van der Waals surface area contributed by atoms with Crippen LogP contribution in [-0.4, -0.2) is 23.0 Å². The van der Waals surface area contributed by atoms with Gasteiger partial charge in [-0.05, 0) is 23.3 Å². The van der Waals surface area contributed by atoms with Crippen molar-refractivity contribution in [2.45, 2.75) is 6.30 Å². The predicted molar refractivity (Wildman–Crippen MR) is 53.9 cm³/mol. The molecule has 15 heavy (non-hydrogen) atoms. The maximum atomic E-state index is 12.6. The van der Waals surface area contributed by atoms with Gasteiger partial charge in [-0.25, -0.2) is 4.90 Å². The molecule has 0 saturated carbocycles.